The molecule has 9 heteroatoms. The topological polar surface area (TPSA) is 58.6 Å². The Morgan fingerprint density at radius 1 is 0.917 bits per heavy atom. The van der Waals surface area contributed by atoms with Crippen LogP contribution in [0.3, 0.4) is 0 Å². The van der Waals surface area contributed by atoms with Crippen LogP contribution in [0.15, 0.2) is 66.7 Å². The molecule has 2 amide bonds. The van der Waals surface area contributed by atoms with Crippen molar-refractivity contribution in [3.05, 3.63) is 97.9 Å². The van der Waals surface area contributed by atoms with E-state index in [9.17, 15) is 9.59 Å². The third-order valence-corrected chi connectivity index (χ3v) is 6.69. The molecular weight excluding hydrogens is 542 g/mol. The number of nitrogens with zero attached hydrogens (tertiary/aromatic N) is 1. The van der Waals surface area contributed by atoms with Crippen molar-refractivity contribution in [2.24, 2.45) is 0 Å². The third-order valence-electron chi connectivity index (χ3n) is 5.46. The first-order chi connectivity index (χ1) is 17.3. The van der Waals surface area contributed by atoms with Gasteiger partial charge in [0.25, 0.3) is 5.91 Å². The second kappa shape index (κ2) is 13.8. The van der Waals surface area contributed by atoms with Crippen LogP contribution in [0.1, 0.15) is 24.5 Å². The molecule has 1 N–H and O–H groups in total. The monoisotopic (exact) mass is 566 g/mol. The van der Waals surface area contributed by atoms with Crippen LogP contribution in [-0.4, -0.2) is 35.9 Å². The molecule has 0 heterocycles. The number of carbonyl (C=O) groups excluding carboxylic acids is 2. The van der Waals surface area contributed by atoms with Gasteiger partial charge in [0.15, 0.2) is 6.61 Å². The van der Waals surface area contributed by atoms with Gasteiger partial charge in [-0.05, 0) is 42.3 Å². The highest BCUT2D eigenvalue weighted by molar-refractivity contribution is 6.36. The van der Waals surface area contributed by atoms with Crippen molar-refractivity contribution < 1.29 is 14.3 Å². The maximum Gasteiger partial charge on any atom is 0.261 e. The molecule has 0 aromatic heterocycles. The zero-order chi connectivity index (χ0) is 26.1. The fraction of sp³-hybridized carbons (Fsp3) is 0.259. The van der Waals surface area contributed by atoms with Crippen molar-refractivity contribution >= 4 is 58.2 Å². The molecule has 0 aliphatic carbocycles. The summed E-state index contributed by atoms with van der Waals surface area (Å²) in [6.45, 7) is 2.11. The van der Waals surface area contributed by atoms with Gasteiger partial charge >= 0.3 is 0 Å². The van der Waals surface area contributed by atoms with E-state index in [-0.39, 0.29) is 24.1 Å². The van der Waals surface area contributed by atoms with Crippen molar-refractivity contribution in [3.63, 3.8) is 0 Å². The fourth-order valence-corrected chi connectivity index (χ4v) is 4.57. The van der Waals surface area contributed by atoms with Gasteiger partial charge in [-0.1, -0.05) is 89.7 Å². The van der Waals surface area contributed by atoms with Crippen molar-refractivity contribution in [3.8, 4) is 5.75 Å². The highest BCUT2D eigenvalue weighted by Crippen LogP contribution is 2.29. The minimum absolute atomic E-state index is 0.0199. The molecule has 36 heavy (non-hydrogen) atoms. The average molecular weight is 568 g/mol. The Kier molecular flexibility index (Phi) is 10.7. The summed E-state index contributed by atoms with van der Waals surface area (Å²) in [6.07, 6.45) is 1.05. The molecular formula is C27H26Cl4N2O3. The van der Waals surface area contributed by atoms with Crippen LogP contribution in [0.4, 0.5) is 0 Å². The number of hydrogen-bond acceptors (Lipinski definition) is 3. The lowest BCUT2D eigenvalue weighted by Crippen LogP contribution is -2.51. The number of benzene rings is 3. The van der Waals surface area contributed by atoms with E-state index in [0.29, 0.717) is 39.3 Å². The third kappa shape index (κ3) is 7.78. The van der Waals surface area contributed by atoms with Gasteiger partial charge in [0, 0.05) is 40.1 Å². The van der Waals surface area contributed by atoms with Crippen LogP contribution < -0.4 is 10.1 Å². The maximum absolute atomic E-state index is 13.6. The van der Waals surface area contributed by atoms with Gasteiger partial charge in [0.05, 0.1) is 5.02 Å². The maximum atomic E-state index is 13.6. The van der Waals surface area contributed by atoms with E-state index < -0.39 is 11.9 Å². The molecule has 0 aliphatic rings. The Hall–Kier alpha value is -2.44. The summed E-state index contributed by atoms with van der Waals surface area (Å²) in [5.74, 6) is -0.397. The summed E-state index contributed by atoms with van der Waals surface area (Å²) in [5.41, 5.74) is 1.44. The molecule has 0 aliphatic heterocycles. The van der Waals surface area contributed by atoms with E-state index in [2.05, 4.69) is 5.32 Å². The lowest BCUT2D eigenvalue weighted by Gasteiger charge is -2.32. The quantitative estimate of drug-likeness (QED) is 0.276. The van der Waals surface area contributed by atoms with Crippen molar-refractivity contribution in [2.45, 2.75) is 32.4 Å². The van der Waals surface area contributed by atoms with E-state index >= 15 is 0 Å². The minimum Gasteiger partial charge on any atom is -0.482 e. The smallest absolute Gasteiger partial charge is 0.261 e. The largest absolute Gasteiger partial charge is 0.482 e. The lowest BCUT2D eigenvalue weighted by molar-refractivity contribution is -0.142. The molecule has 0 saturated carbocycles. The molecule has 1 atom stereocenters. The number of halogens is 4. The van der Waals surface area contributed by atoms with E-state index in [1.807, 2.05) is 37.3 Å². The number of carbonyl (C=O) groups is 2. The molecule has 190 valence electrons. The summed E-state index contributed by atoms with van der Waals surface area (Å²) in [7, 11) is 0. The molecule has 3 aromatic carbocycles. The molecule has 5 nitrogen and oxygen atoms in total. The second-order valence-corrected chi connectivity index (χ2v) is 9.74. The zero-order valence-electron chi connectivity index (χ0n) is 19.6. The van der Waals surface area contributed by atoms with Crippen LogP contribution in [0.25, 0.3) is 0 Å². The van der Waals surface area contributed by atoms with Crippen molar-refractivity contribution in [2.75, 3.05) is 13.2 Å². The highest BCUT2D eigenvalue weighted by Gasteiger charge is 2.31. The standard InChI is InChI=1S/C27H26Cl4N2O3/c1-2-13-32-27(35)24(14-18-7-4-3-5-8-18)33(16-20-21(29)9-6-10-22(20)30)26(34)17-36-25-12-11-19(28)15-23(25)31/h3-12,15,24H,2,13-14,16-17H2,1H3,(H,32,35)/t24-/m0/s1. The van der Waals surface area contributed by atoms with Crippen LogP contribution >= 0.6 is 46.4 Å². The predicted octanol–water partition coefficient (Wildman–Crippen LogP) is 6.85. The van der Waals surface area contributed by atoms with Crippen LogP contribution in [0, 0.1) is 0 Å². The van der Waals surface area contributed by atoms with E-state index in [4.69, 9.17) is 51.1 Å². The highest BCUT2D eigenvalue weighted by atomic mass is 35.5. The van der Waals surface area contributed by atoms with E-state index in [1.165, 1.54) is 11.0 Å². The Bertz CT molecular complexity index is 1170. The van der Waals surface area contributed by atoms with Gasteiger partial charge in [0.1, 0.15) is 11.8 Å². The summed E-state index contributed by atoms with van der Waals surface area (Å²) in [5, 5.41) is 4.44. The Morgan fingerprint density at radius 3 is 2.25 bits per heavy atom. The Labute approximate surface area is 231 Å². The molecule has 0 radical (unpaired) electrons. The Balaban J connectivity index is 1.95. The molecule has 0 unspecified atom stereocenters. The normalized spacial score (nSPS) is 11.6. The van der Waals surface area contributed by atoms with Crippen LogP contribution in [0.5, 0.6) is 5.75 Å². The fourth-order valence-electron chi connectivity index (χ4n) is 3.59. The van der Waals surface area contributed by atoms with Gasteiger partial charge < -0.3 is 15.0 Å². The predicted molar refractivity (Wildman–Crippen MR) is 146 cm³/mol. The van der Waals surface area contributed by atoms with E-state index in [0.717, 1.165) is 12.0 Å². The number of ether oxygens (including phenoxy) is 1. The Morgan fingerprint density at radius 2 is 1.61 bits per heavy atom. The molecule has 0 bridgehead atoms. The zero-order valence-corrected chi connectivity index (χ0v) is 22.7. The number of hydrogen-bond donors (Lipinski definition) is 1. The van der Waals surface area contributed by atoms with Gasteiger partial charge in [0.2, 0.25) is 5.91 Å². The number of amides is 2. The number of rotatable bonds is 11. The summed E-state index contributed by atoms with van der Waals surface area (Å²) in [6, 6.07) is 18.5. The average Bonchev–Trinajstić information content (AvgIpc) is 2.86. The van der Waals surface area contributed by atoms with Crippen LogP contribution in [0.2, 0.25) is 20.1 Å². The lowest BCUT2D eigenvalue weighted by atomic mass is 10.0. The first-order valence-electron chi connectivity index (χ1n) is 11.4. The van der Waals surface area contributed by atoms with Crippen molar-refractivity contribution in [1.29, 1.82) is 0 Å². The molecule has 0 saturated heterocycles. The van der Waals surface area contributed by atoms with E-state index in [1.54, 1.807) is 30.3 Å². The summed E-state index contributed by atoms with van der Waals surface area (Å²) < 4.78 is 5.71. The molecule has 0 fully saturated rings. The minimum atomic E-state index is -0.830. The van der Waals surface area contributed by atoms with Gasteiger partial charge in [-0.25, -0.2) is 0 Å². The number of nitrogens with one attached hydrogen (secondary N) is 1. The van der Waals surface area contributed by atoms with Crippen molar-refractivity contribution in [1.82, 2.24) is 10.2 Å². The first kappa shape index (κ1) is 28.1. The van der Waals surface area contributed by atoms with Gasteiger partial charge in [-0.3, -0.25) is 9.59 Å². The molecule has 0 spiro atoms. The SMILES string of the molecule is CCCNC(=O)[C@H](Cc1ccccc1)N(Cc1c(Cl)cccc1Cl)C(=O)COc1ccc(Cl)cc1Cl. The van der Waals surface area contributed by atoms with Gasteiger partial charge in [-0.2, -0.15) is 0 Å². The molecule has 3 aromatic rings. The second-order valence-electron chi connectivity index (χ2n) is 8.08. The summed E-state index contributed by atoms with van der Waals surface area (Å²) >= 11 is 25.0. The summed E-state index contributed by atoms with van der Waals surface area (Å²) in [4.78, 5) is 28.4. The first-order valence-corrected chi connectivity index (χ1v) is 12.9. The van der Waals surface area contributed by atoms with Crippen LogP contribution in [-0.2, 0) is 22.6 Å². The molecule has 3 rings (SSSR count). The van der Waals surface area contributed by atoms with Gasteiger partial charge in [-0.15, -0.1) is 0 Å².